The largest absolute Gasteiger partial charge is 0.395 e. The van der Waals surface area contributed by atoms with Gasteiger partial charge in [0.05, 0.1) is 18.8 Å². The molecule has 0 saturated carbocycles. The molecule has 1 unspecified atom stereocenters. The molecule has 0 amide bonds. The van der Waals surface area contributed by atoms with Crippen LogP contribution in [0.2, 0.25) is 0 Å². The predicted octanol–water partition coefficient (Wildman–Crippen LogP) is -1.84. The van der Waals surface area contributed by atoms with E-state index in [2.05, 4.69) is 0 Å². The Morgan fingerprint density at radius 3 is 2.36 bits per heavy atom. The molecule has 0 aromatic carbocycles. The molecule has 1 saturated heterocycles. The molecule has 1 heterocycles. The molecule has 1 rings (SSSR count). The van der Waals surface area contributed by atoms with Gasteiger partial charge in [0.25, 0.3) is 0 Å². The summed E-state index contributed by atoms with van der Waals surface area (Å²) in [6, 6.07) is -0.464. The maximum Gasteiger partial charge on any atom is 0.109 e. The zero-order valence-electron chi connectivity index (χ0n) is 8.37. The van der Waals surface area contributed by atoms with Gasteiger partial charge in [-0.05, 0) is 13.0 Å². The Labute approximate surface area is 83.6 Å². The summed E-state index contributed by atoms with van der Waals surface area (Å²) in [4.78, 5) is 1.81. The van der Waals surface area contributed by atoms with Crippen molar-refractivity contribution in [2.75, 3.05) is 19.7 Å². The van der Waals surface area contributed by atoms with Gasteiger partial charge in [-0.15, -0.1) is 0 Å². The van der Waals surface area contributed by atoms with Crippen LogP contribution >= 0.6 is 0 Å². The maximum absolute atomic E-state index is 9.59. The second-order valence-corrected chi connectivity index (χ2v) is 3.79. The maximum atomic E-state index is 9.59. The second-order valence-electron chi connectivity index (χ2n) is 3.79. The van der Waals surface area contributed by atoms with E-state index >= 15 is 0 Å². The van der Waals surface area contributed by atoms with Crippen molar-refractivity contribution < 1.29 is 20.4 Å². The third-order valence-corrected chi connectivity index (χ3v) is 2.73. The Morgan fingerprint density at radius 2 is 1.86 bits per heavy atom. The molecule has 5 heteroatoms. The summed E-state index contributed by atoms with van der Waals surface area (Å²) >= 11 is 0. The Bertz CT molecular complexity index is 178. The molecule has 14 heavy (non-hydrogen) atoms. The first-order valence-corrected chi connectivity index (χ1v) is 5.01. The highest BCUT2D eigenvalue weighted by molar-refractivity contribution is 4.93. The third kappa shape index (κ3) is 2.24. The summed E-state index contributed by atoms with van der Waals surface area (Å²) in [5.41, 5.74) is 0. The number of piperidine rings is 1. The van der Waals surface area contributed by atoms with Gasteiger partial charge in [-0.25, -0.2) is 0 Å². The molecule has 0 radical (unpaired) electrons. The van der Waals surface area contributed by atoms with Gasteiger partial charge in [0.15, 0.2) is 0 Å². The van der Waals surface area contributed by atoms with Crippen LogP contribution < -0.4 is 0 Å². The van der Waals surface area contributed by atoms with E-state index < -0.39 is 24.4 Å². The molecule has 84 valence electrons. The average molecular weight is 205 g/mol. The monoisotopic (exact) mass is 205 g/mol. The molecule has 0 aliphatic carbocycles. The van der Waals surface area contributed by atoms with E-state index in [0.717, 1.165) is 6.42 Å². The SMILES string of the molecule is CCCN1C[C@H](O)[C@@H](O)[C@@H](O)C1CO. The first-order chi connectivity index (χ1) is 6.61. The first kappa shape index (κ1) is 11.9. The van der Waals surface area contributed by atoms with Gasteiger partial charge >= 0.3 is 0 Å². The molecule has 1 aliphatic heterocycles. The van der Waals surface area contributed by atoms with Crippen molar-refractivity contribution in [1.29, 1.82) is 0 Å². The smallest absolute Gasteiger partial charge is 0.109 e. The van der Waals surface area contributed by atoms with E-state index in [1.165, 1.54) is 0 Å². The fourth-order valence-corrected chi connectivity index (χ4v) is 1.92. The molecule has 0 spiro atoms. The Kier molecular flexibility index (Phi) is 4.28. The highest BCUT2D eigenvalue weighted by Crippen LogP contribution is 2.18. The van der Waals surface area contributed by atoms with Gasteiger partial charge in [-0.2, -0.15) is 0 Å². The van der Waals surface area contributed by atoms with E-state index in [-0.39, 0.29) is 6.61 Å². The quantitative estimate of drug-likeness (QED) is 0.435. The molecule has 0 bridgehead atoms. The van der Waals surface area contributed by atoms with Gasteiger partial charge < -0.3 is 20.4 Å². The number of likely N-dealkylation sites (tertiary alicyclic amines) is 1. The molecule has 5 nitrogen and oxygen atoms in total. The minimum atomic E-state index is -1.15. The van der Waals surface area contributed by atoms with Gasteiger partial charge in [-0.3, -0.25) is 4.90 Å². The van der Waals surface area contributed by atoms with E-state index in [0.29, 0.717) is 13.1 Å². The number of hydrogen-bond donors (Lipinski definition) is 4. The zero-order chi connectivity index (χ0) is 10.7. The van der Waals surface area contributed by atoms with E-state index in [1.807, 2.05) is 11.8 Å². The number of nitrogens with zero attached hydrogens (tertiary/aromatic N) is 1. The lowest BCUT2D eigenvalue weighted by Gasteiger charge is -2.43. The van der Waals surface area contributed by atoms with Gasteiger partial charge in [0, 0.05) is 6.54 Å². The fraction of sp³-hybridized carbons (Fsp3) is 1.00. The van der Waals surface area contributed by atoms with Crippen molar-refractivity contribution >= 4 is 0 Å². The van der Waals surface area contributed by atoms with Gasteiger partial charge in [0.2, 0.25) is 0 Å². The molecule has 4 N–H and O–H groups in total. The van der Waals surface area contributed by atoms with Crippen LogP contribution in [0.4, 0.5) is 0 Å². The minimum Gasteiger partial charge on any atom is -0.395 e. The normalized spacial score (nSPS) is 40.1. The van der Waals surface area contributed by atoms with Crippen LogP contribution in [0.25, 0.3) is 0 Å². The Morgan fingerprint density at radius 1 is 1.21 bits per heavy atom. The predicted molar refractivity (Wildman–Crippen MR) is 50.8 cm³/mol. The third-order valence-electron chi connectivity index (χ3n) is 2.73. The van der Waals surface area contributed by atoms with Gasteiger partial charge in [0.1, 0.15) is 12.2 Å². The number of hydrogen-bond acceptors (Lipinski definition) is 5. The van der Waals surface area contributed by atoms with Crippen LogP contribution in [-0.4, -0.2) is 69.4 Å². The van der Waals surface area contributed by atoms with Crippen molar-refractivity contribution in [3.63, 3.8) is 0 Å². The topological polar surface area (TPSA) is 84.2 Å². The lowest BCUT2D eigenvalue weighted by molar-refractivity contribution is -0.144. The lowest BCUT2D eigenvalue weighted by Crippen LogP contribution is -2.62. The standard InChI is InChI=1S/C9H19NO4/c1-2-3-10-4-7(12)9(14)8(13)6(10)5-11/h6-9,11-14H,2-5H2,1H3/t6?,7-,8-,9+/m0/s1. The molecular formula is C9H19NO4. The van der Waals surface area contributed by atoms with Crippen molar-refractivity contribution in [3.05, 3.63) is 0 Å². The van der Waals surface area contributed by atoms with Gasteiger partial charge in [-0.1, -0.05) is 6.92 Å². The number of β-amino-alcohol motifs (C(OH)–C–C–N with tert-alkyl or cyclic N) is 1. The summed E-state index contributed by atoms with van der Waals surface area (Å²) in [5.74, 6) is 0. The fourth-order valence-electron chi connectivity index (χ4n) is 1.92. The number of rotatable bonds is 3. The number of aliphatic hydroxyl groups is 4. The van der Waals surface area contributed by atoms with Crippen LogP contribution in [0, 0.1) is 0 Å². The van der Waals surface area contributed by atoms with E-state index in [9.17, 15) is 15.3 Å². The van der Waals surface area contributed by atoms with Crippen molar-refractivity contribution in [1.82, 2.24) is 4.90 Å². The highest BCUT2D eigenvalue weighted by Gasteiger charge is 2.40. The minimum absolute atomic E-state index is 0.203. The van der Waals surface area contributed by atoms with Crippen LogP contribution in [0.3, 0.4) is 0 Å². The average Bonchev–Trinajstić information content (AvgIpc) is 2.16. The van der Waals surface area contributed by atoms with Crippen molar-refractivity contribution in [2.24, 2.45) is 0 Å². The Hall–Kier alpha value is -0.200. The first-order valence-electron chi connectivity index (χ1n) is 5.01. The van der Waals surface area contributed by atoms with Crippen LogP contribution in [0.15, 0.2) is 0 Å². The molecular weight excluding hydrogens is 186 g/mol. The molecule has 1 aliphatic rings. The zero-order valence-corrected chi connectivity index (χ0v) is 8.37. The molecule has 1 fully saturated rings. The molecule has 4 atom stereocenters. The van der Waals surface area contributed by atoms with E-state index in [4.69, 9.17) is 5.11 Å². The summed E-state index contributed by atoms with van der Waals surface area (Å²) in [5, 5.41) is 37.5. The van der Waals surface area contributed by atoms with Crippen LogP contribution in [0.5, 0.6) is 0 Å². The highest BCUT2D eigenvalue weighted by atomic mass is 16.4. The van der Waals surface area contributed by atoms with Crippen molar-refractivity contribution in [3.8, 4) is 0 Å². The lowest BCUT2D eigenvalue weighted by atomic mass is 9.94. The van der Waals surface area contributed by atoms with Crippen molar-refractivity contribution in [2.45, 2.75) is 37.7 Å². The van der Waals surface area contributed by atoms with Crippen LogP contribution in [0.1, 0.15) is 13.3 Å². The summed E-state index contributed by atoms with van der Waals surface area (Å²) in [6.45, 7) is 2.78. The number of aliphatic hydroxyl groups excluding tert-OH is 4. The molecule has 0 aromatic heterocycles. The second kappa shape index (κ2) is 5.04. The summed E-state index contributed by atoms with van der Waals surface area (Å²) in [7, 11) is 0. The van der Waals surface area contributed by atoms with E-state index in [1.54, 1.807) is 0 Å². The Balaban J connectivity index is 2.66. The van der Waals surface area contributed by atoms with Crippen LogP contribution in [-0.2, 0) is 0 Å². The summed E-state index contributed by atoms with van der Waals surface area (Å²) < 4.78 is 0. The molecule has 0 aromatic rings. The summed E-state index contributed by atoms with van der Waals surface area (Å²) in [6.07, 6.45) is -2.28.